The third-order valence-electron chi connectivity index (χ3n) is 6.18. The Morgan fingerprint density at radius 2 is 1.75 bits per heavy atom. The molecule has 8 nitrogen and oxygen atoms in total. The molecule has 0 radical (unpaired) electrons. The van der Waals surface area contributed by atoms with Gasteiger partial charge in [0.05, 0.1) is 35.0 Å². The standard InChI is InChI=1S/C28H23N7O/c1-16(2)28(36)32-19-10-18(13-30-14-19)24-12-22-26(15-31-24)34-35-27(22)25-11-21-20(4-3-5-23(21)33-25)17-6-8-29-9-7-17/h3-16,33H,1-2H3,(H,32,36)(H,34,35). The smallest absolute Gasteiger partial charge is 0.226 e. The molecule has 0 aliphatic heterocycles. The van der Waals surface area contributed by atoms with Gasteiger partial charge in [0.25, 0.3) is 0 Å². The third-order valence-corrected chi connectivity index (χ3v) is 6.18. The molecule has 5 aromatic heterocycles. The number of hydrogen-bond acceptors (Lipinski definition) is 5. The highest BCUT2D eigenvalue weighted by Gasteiger charge is 2.15. The van der Waals surface area contributed by atoms with Gasteiger partial charge in [0.15, 0.2) is 0 Å². The van der Waals surface area contributed by atoms with Crippen LogP contribution in [0.15, 0.2) is 79.5 Å². The number of rotatable bonds is 5. The van der Waals surface area contributed by atoms with Gasteiger partial charge in [-0.25, -0.2) is 0 Å². The fourth-order valence-electron chi connectivity index (χ4n) is 4.28. The largest absolute Gasteiger partial charge is 0.353 e. The summed E-state index contributed by atoms with van der Waals surface area (Å²) in [6, 6.07) is 16.2. The number of amides is 1. The van der Waals surface area contributed by atoms with E-state index in [-0.39, 0.29) is 11.8 Å². The molecule has 6 aromatic rings. The average molecular weight is 474 g/mol. The Morgan fingerprint density at radius 3 is 2.58 bits per heavy atom. The molecule has 0 atom stereocenters. The molecule has 1 amide bonds. The lowest BCUT2D eigenvalue weighted by molar-refractivity contribution is -0.118. The monoisotopic (exact) mass is 473 g/mol. The predicted molar refractivity (Wildman–Crippen MR) is 141 cm³/mol. The minimum Gasteiger partial charge on any atom is -0.353 e. The summed E-state index contributed by atoms with van der Waals surface area (Å²) >= 11 is 0. The molecule has 8 heteroatoms. The molecule has 0 saturated heterocycles. The fraction of sp³-hybridized carbons (Fsp3) is 0.107. The molecule has 0 bridgehead atoms. The average Bonchev–Trinajstić information content (AvgIpc) is 3.53. The van der Waals surface area contributed by atoms with Gasteiger partial charge in [0.1, 0.15) is 5.69 Å². The molecule has 1 aromatic carbocycles. The summed E-state index contributed by atoms with van der Waals surface area (Å²) in [4.78, 5) is 28.7. The van der Waals surface area contributed by atoms with E-state index in [1.165, 1.54) is 0 Å². The second kappa shape index (κ2) is 8.74. The lowest BCUT2D eigenvalue weighted by Crippen LogP contribution is -2.17. The molecule has 176 valence electrons. The first-order valence-electron chi connectivity index (χ1n) is 11.7. The minimum absolute atomic E-state index is 0.0561. The van der Waals surface area contributed by atoms with Gasteiger partial charge in [-0.05, 0) is 47.5 Å². The molecule has 0 aliphatic rings. The molecule has 0 fully saturated rings. The fourth-order valence-corrected chi connectivity index (χ4v) is 4.28. The van der Waals surface area contributed by atoms with Gasteiger partial charge in [-0.2, -0.15) is 5.10 Å². The van der Waals surface area contributed by atoms with E-state index in [1.807, 2.05) is 44.2 Å². The maximum absolute atomic E-state index is 12.1. The molecule has 36 heavy (non-hydrogen) atoms. The van der Waals surface area contributed by atoms with Crippen LogP contribution in [0.4, 0.5) is 5.69 Å². The van der Waals surface area contributed by atoms with Crippen molar-refractivity contribution in [2.24, 2.45) is 5.92 Å². The van der Waals surface area contributed by atoms with E-state index in [9.17, 15) is 4.79 Å². The van der Waals surface area contributed by atoms with Crippen LogP contribution in [-0.2, 0) is 4.79 Å². The van der Waals surface area contributed by atoms with Crippen molar-refractivity contribution in [3.05, 3.63) is 79.5 Å². The molecular weight excluding hydrogens is 450 g/mol. The number of nitrogens with zero attached hydrogens (tertiary/aromatic N) is 4. The van der Waals surface area contributed by atoms with Crippen LogP contribution >= 0.6 is 0 Å². The zero-order valence-corrected chi connectivity index (χ0v) is 19.8. The van der Waals surface area contributed by atoms with Crippen LogP contribution in [0.3, 0.4) is 0 Å². The molecule has 5 heterocycles. The minimum atomic E-state index is -0.119. The van der Waals surface area contributed by atoms with Gasteiger partial charge in [-0.3, -0.25) is 24.8 Å². The first-order valence-corrected chi connectivity index (χ1v) is 11.7. The van der Waals surface area contributed by atoms with Crippen molar-refractivity contribution in [3.8, 4) is 33.8 Å². The maximum atomic E-state index is 12.1. The molecule has 3 N–H and O–H groups in total. The molecule has 0 unspecified atom stereocenters. The zero-order chi connectivity index (χ0) is 24.6. The van der Waals surface area contributed by atoms with Gasteiger partial charge >= 0.3 is 0 Å². The number of aromatic nitrogens is 6. The van der Waals surface area contributed by atoms with Crippen molar-refractivity contribution in [3.63, 3.8) is 0 Å². The van der Waals surface area contributed by atoms with E-state index in [4.69, 9.17) is 0 Å². The Morgan fingerprint density at radius 1 is 0.889 bits per heavy atom. The van der Waals surface area contributed by atoms with E-state index >= 15 is 0 Å². The molecule has 0 spiro atoms. The molecular formula is C28H23N7O. The SMILES string of the molecule is CC(C)C(=O)Nc1cncc(-c2cc3c(-c4cc5c(-c6ccncc6)cccc5[nH]4)n[nH]c3cn2)c1. The van der Waals surface area contributed by atoms with Crippen LogP contribution in [0.25, 0.3) is 55.6 Å². The highest BCUT2D eigenvalue weighted by Crippen LogP contribution is 2.34. The van der Waals surface area contributed by atoms with Crippen molar-refractivity contribution in [1.82, 2.24) is 30.1 Å². The van der Waals surface area contributed by atoms with Gasteiger partial charge in [-0.1, -0.05) is 26.0 Å². The first kappa shape index (κ1) is 21.7. The van der Waals surface area contributed by atoms with Crippen molar-refractivity contribution in [2.75, 3.05) is 5.32 Å². The molecule has 0 aliphatic carbocycles. The maximum Gasteiger partial charge on any atom is 0.226 e. The highest BCUT2D eigenvalue weighted by atomic mass is 16.1. The number of anilines is 1. The van der Waals surface area contributed by atoms with Crippen LogP contribution < -0.4 is 5.32 Å². The highest BCUT2D eigenvalue weighted by molar-refractivity contribution is 6.01. The number of carbonyl (C=O) groups excluding carboxylic acids is 1. The van der Waals surface area contributed by atoms with E-state index in [1.54, 1.807) is 31.0 Å². The van der Waals surface area contributed by atoms with E-state index in [0.717, 1.165) is 55.6 Å². The lowest BCUT2D eigenvalue weighted by Gasteiger charge is -2.08. The number of benzene rings is 1. The van der Waals surface area contributed by atoms with Crippen LogP contribution in [0.1, 0.15) is 13.8 Å². The summed E-state index contributed by atoms with van der Waals surface area (Å²) in [5.41, 5.74) is 8.01. The Hall–Kier alpha value is -4.85. The lowest BCUT2D eigenvalue weighted by atomic mass is 10.0. The summed E-state index contributed by atoms with van der Waals surface area (Å²) in [6.07, 6.45) is 8.75. The Kier molecular flexibility index (Phi) is 5.26. The summed E-state index contributed by atoms with van der Waals surface area (Å²) in [5, 5.41) is 12.6. The second-order valence-corrected chi connectivity index (χ2v) is 8.98. The Balaban J connectivity index is 1.41. The Bertz CT molecular complexity index is 1720. The molecule has 6 rings (SSSR count). The van der Waals surface area contributed by atoms with E-state index < -0.39 is 0 Å². The summed E-state index contributed by atoms with van der Waals surface area (Å²) < 4.78 is 0. The molecule has 0 saturated carbocycles. The zero-order valence-electron chi connectivity index (χ0n) is 19.8. The van der Waals surface area contributed by atoms with Gasteiger partial charge in [-0.15, -0.1) is 0 Å². The second-order valence-electron chi connectivity index (χ2n) is 8.98. The van der Waals surface area contributed by atoms with E-state index in [0.29, 0.717) is 5.69 Å². The van der Waals surface area contributed by atoms with Crippen LogP contribution in [0.5, 0.6) is 0 Å². The Labute approximate surface area is 206 Å². The number of hydrogen-bond donors (Lipinski definition) is 3. The quantitative estimate of drug-likeness (QED) is 0.292. The number of fused-ring (bicyclic) bond motifs is 2. The summed E-state index contributed by atoms with van der Waals surface area (Å²) in [7, 11) is 0. The van der Waals surface area contributed by atoms with Crippen LogP contribution in [0.2, 0.25) is 0 Å². The van der Waals surface area contributed by atoms with E-state index in [2.05, 4.69) is 53.6 Å². The van der Waals surface area contributed by atoms with Crippen molar-refractivity contribution in [2.45, 2.75) is 13.8 Å². The normalized spacial score (nSPS) is 11.4. The van der Waals surface area contributed by atoms with Gasteiger partial charge in [0.2, 0.25) is 5.91 Å². The number of pyridine rings is 3. The number of H-pyrrole nitrogens is 2. The third kappa shape index (κ3) is 3.88. The van der Waals surface area contributed by atoms with Crippen LogP contribution in [-0.4, -0.2) is 36.0 Å². The van der Waals surface area contributed by atoms with Crippen molar-refractivity contribution >= 4 is 33.4 Å². The van der Waals surface area contributed by atoms with Crippen molar-refractivity contribution in [1.29, 1.82) is 0 Å². The van der Waals surface area contributed by atoms with Crippen LogP contribution in [0, 0.1) is 5.92 Å². The number of carbonyl (C=O) groups is 1. The number of nitrogens with one attached hydrogen (secondary N) is 3. The van der Waals surface area contributed by atoms with Gasteiger partial charge < -0.3 is 10.3 Å². The summed E-state index contributed by atoms with van der Waals surface area (Å²) in [5.74, 6) is -0.175. The van der Waals surface area contributed by atoms with Crippen molar-refractivity contribution < 1.29 is 4.79 Å². The summed E-state index contributed by atoms with van der Waals surface area (Å²) in [6.45, 7) is 3.71. The first-order chi connectivity index (χ1) is 17.6. The topological polar surface area (TPSA) is 112 Å². The van der Waals surface area contributed by atoms with Gasteiger partial charge in [0, 0.05) is 46.4 Å². The number of aromatic amines is 2. The predicted octanol–water partition coefficient (Wildman–Crippen LogP) is 5.82.